The van der Waals surface area contributed by atoms with E-state index >= 15 is 0 Å². The summed E-state index contributed by atoms with van der Waals surface area (Å²) in [5.41, 5.74) is 0.878. The second kappa shape index (κ2) is 10.5. The molecule has 0 aromatic rings. The van der Waals surface area contributed by atoms with Gasteiger partial charge in [0.15, 0.2) is 0 Å². The molecule has 3 nitrogen and oxygen atoms in total. The van der Waals surface area contributed by atoms with Gasteiger partial charge in [0.2, 0.25) is 0 Å². The summed E-state index contributed by atoms with van der Waals surface area (Å²) in [5, 5.41) is 18.9. The smallest absolute Gasteiger partial charge is 0.0577 e. The number of aliphatic hydroxyl groups is 1. The van der Waals surface area contributed by atoms with Gasteiger partial charge in [-0.25, -0.2) is 0 Å². The summed E-state index contributed by atoms with van der Waals surface area (Å²) in [6.07, 6.45) is 14.7. The molecule has 10 atom stereocenters. The van der Waals surface area contributed by atoms with Crippen molar-refractivity contribution in [3.8, 4) is 0 Å². The lowest BCUT2D eigenvalue weighted by Gasteiger charge is -2.62. The van der Waals surface area contributed by atoms with Gasteiger partial charge in [0, 0.05) is 25.2 Å². The Hall–Kier alpha value is -0.120. The molecule has 0 saturated heterocycles. The zero-order valence-electron chi connectivity index (χ0n) is 22.8. The van der Waals surface area contributed by atoms with Crippen LogP contribution in [0.2, 0.25) is 0 Å². The van der Waals surface area contributed by atoms with E-state index in [0.717, 1.165) is 49.1 Å². The summed E-state index contributed by atoms with van der Waals surface area (Å²) < 4.78 is 0. The van der Waals surface area contributed by atoms with Gasteiger partial charge in [-0.3, -0.25) is 0 Å². The monoisotopic (exact) mass is 460 g/mol. The molecule has 4 rings (SSSR count). The fourth-order valence-electron chi connectivity index (χ4n) is 9.82. The SMILES string of the molecule is CCCC[C@@H](C)C1CCC2C3C[C@H](O)C4C[C@H](NCCNC(C)C)CCC4(C)C3CCC21C. The molecule has 0 amide bonds. The van der Waals surface area contributed by atoms with Crippen LogP contribution < -0.4 is 10.6 Å². The van der Waals surface area contributed by atoms with Gasteiger partial charge in [-0.1, -0.05) is 60.8 Å². The van der Waals surface area contributed by atoms with Crippen molar-refractivity contribution in [2.24, 2.45) is 46.3 Å². The molecule has 3 heteroatoms. The molecular weight excluding hydrogens is 404 g/mol. The summed E-state index contributed by atoms with van der Waals surface area (Å²) in [4.78, 5) is 0. The van der Waals surface area contributed by atoms with Gasteiger partial charge >= 0.3 is 0 Å². The van der Waals surface area contributed by atoms with E-state index in [-0.39, 0.29) is 6.10 Å². The minimum atomic E-state index is -0.0893. The molecule has 7 unspecified atom stereocenters. The minimum Gasteiger partial charge on any atom is -0.393 e. The van der Waals surface area contributed by atoms with Crippen LogP contribution in [-0.2, 0) is 0 Å². The average Bonchev–Trinajstić information content (AvgIpc) is 3.13. The number of nitrogens with one attached hydrogen (secondary N) is 2. The predicted molar refractivity (Wildman–Crippen MR) is 140 cm³/mol. The topological polar surface area (TPSA) is 44.3 Å². The number of fused-ring (bicyclic) bond motifs is 5. The number of rotatable bonds is 9. The molecule has 0 heterocycles. The van der Waals surface area contributed by atoms with E-state index in [2.05, 4.69) is 52.2 Å². The molecule has 0 bridgehead atoms. The summed E-state index contributed by atoms with van der Waals surface area (Å²) in [5.74, 6) is 4.75. The minimum absolute atomic E-state index is 0.0893. The average molecular weight is 461 g/mol. The fraction of sp³-hybridized carbons (Fsp3) is 1.00. The highest BCUT2D eigenvalue weighted by Gasteiger charge is 2.62. The van der Waals surface area contributed by atoms with E-state index in [9.17, 15) is 5.11 Å². The summed E-state index contributed by atoms with van der Waals surface area (Å²) >= 11 is 0. The third kappa shape index (κ3) is 4.94. The Balaban J connectivity index is 1.42. The molecule has 3 N–H and O–H groups in total. The highest BCUT2D eigenvalue weighted by Crippen LogP contribution is 2.68. The Morgan fingerprint density at radius 1 is 0.879 bits per heavy atom. The molecule has 192 valence electrons. The molecule has 0 aliphatic heterocycles. The highest BCUT2D eigenvalue weighted by atomic mass is 16.3. The number of hydrogen-bond acceptors (Lipinski definition) is 3. The lowest BCUT2D eigenvalue weighted by Crippen LogP contribution is -2.59. The van der Waals surface area contributed by atoms with Crippen LogP contribution in [0.5, 0.6) is 0 Å². The zero-order valence-corrected chi connectivity index (χ0v) is 22.8. The van der Waals surface area contributed by atoms with Crippen LogP contribution in [0.1, 0.15) is 112 Å². The Bertz CT molecular complexity index is 637. The lowest BCUT2D eigenvalue weighted by atomic mass is 9.43. The quantitative estimate of drug-likeness (QED) is 0.349. The zero-order chi connectivity index (χ0) is 23.8. The Kier molecular flexibility index (Phi) is 8.24. The Morgan fingerprint density at radius 3 is 2.33 bits per heavy atom. The molecule has 33 heavy (non-hydrogen) atoms. The molecule has 0 aromatic heterocycles. The van der Waals surface area contributed by atoms with Crippen molar-refractivity contribution in [2.75, 3.05) is 13.1 Å². The first kappa shape index (κ1) is 26.0. The Labute approximate surface area is 205 Å². The number of aliphatic hydroxyl groups excluding tert-OH is 1. The molecule has 0 radical (unpaired) electrons. The maximum Gasteiger partial charge on any atom is 0.0577 e. The first-order valence-corrected chi connectivity index (χ1v) is 14.9. The van der Waals surface area contributed by atoms with E-state index in [1.54, 1.807) is 0 Å². The van der Waals surface area contributed by atoms with Crippen LogP contribution in [0.15, 0.2) is 0 Å². The molecule has 4 aliphatic carbocycles. The second-order valence-electron chi connectivity index (χ2n) is 13.7. The fourth-order valence-corrected chi connectivity index (χ4v) is 9.82. The standard InChI is InChI=1S/C30H56N2O/c1-7-8-9-21(4)24-10-11-25-23-19-28(33)27-18-22(32-17-16-31-20(2)3)12-14-30(27,6)26(23)13-15-29(24,25)5/h20-28,31-33H,7-19H2,1-6H3/t21-,22-,23?,24?,25?,26?,27?,28+,29?,30?/m1/s1. The molecule has 4 saturated carbocycles. The van der Waals surface area contributed by atoms with Crippen LogP contribution in [-0.4, -0.2) is 36.4 Å². The summed E-state index contributed by atoms with van der Waals surface area (Å²) in [6.45, 7) is 16.7. The van der Waals surface area contributed by atoms with Crippen LogP contribution in [0.3, 0.4) is 0 Å². The van der Waals surface area contributed by atoms with E-state index in [1.165, 1.54) is 64.2 Å². The van der Waals surface area contributed by atoms with Crippen molar-refractivity contribution in [3.05, 3.63) is 0 Å². The maximum absolute atomic E-state index is 11.5. The van der Waals surface area contributed by atoms with Gasteiger partial charge < -0.3 is 15.7 Å². The van der Waals surface area contributed by atoms with Crippen molar-refractivity contribution in [2.45, 2.75) is 130 Å². The second-order valence-corrected chi connectivity index (χ2v) is 13.7. The maximum atomic E-state index is 11.5. The van der Waals surface area contributed by atoms with E-state index in [0.29, 0.717) is 28.8 Å². The van der Waals surface area contributed by atoms with E-state index in [1.807, 2.05) is 0 Å². The van der Waals surface area contributed by atoms with Gasteiger partial charge in [-0.05, 0) is 97.7 Å². The van der Waals surface area contributed by atoms with Crippen molar-refractivity contribution < 1.29 is 5.11 Å². The van der Waals surface area contributed by atoms with Crippen molar-refractivity contribution in [1.29, 1.82) is 0 Å². The van der Waals surface area contributed by atoms with E-state index < -0.39 is 0 Å². The molecule has 0 spiro atoms. The number of unbranched alkanes of at least 4 members (excludes halogenated alkanes) is 1. The molecule has 0 aromatic carbocycles. The van der Waals surface area contributed by atoms with Crippen LogP contribution >= 0.6 is 0 Å². The van der Waals surface area contributed by atoms with Crippen LogP contribution in [0.25, 0.3) is 0 Å². The van der Waals surface area contributed by atoms with Crippen molar-refractivity contribution >= 4 is 0 Å². The van der Waals surface area contributed by atoms with E-state index in [4.69, 9.17) is 0 Å². The van der Waals surface area contributed by atoms with Gasteiger partial charge in [0.1, 0.15) is 0 Å². The van der Waals surface area contributed by atoms with Gasteiger partial charge in [-0.15, -0.1) is 0 Å². The largest absolute Gasteiger partial charge is 0.393 e. The summed E-state index contributed by atoms with van der Waals surface area (Å²) in [7, 11) is 0. The molecule has 4 fully saturated rings. The predicted octanol–water partition coefficient (Wildman–Crippen LogP) is 6.40. The van der Waals surface area contributed by atoms with Crippen molar-refractivity contribution in [1.82, 2.24) is 10.6 Å². The first-order chi connectivity index (χ1) is 15.7. The molecular formula is C30H56N2O. The van der Waals surface area contributed by atoms with Crippen LogP contribution in [0, 0.1) is 46.3 Å². The van der Waals surface area contributed by atoms with Crippen molar-refractivity contribution in [3.63, 3.8) is 0 Å². The Morgan fingerprint density at radius 2 is 1.61 bits per heavy atom. The summed E-state index contributed by atoms with van der Waals surface area (Å²) in [6, 6.07) is 1.15. The molecule has 4 aliphatic rings. The van der Waals surface area contributed by atoms with Crippen LogP contribution in [0.4, 0.5) is 0 Å². The normalized spacial score (nSPS) is 46.0. The highest BCUT2D eigenvalue weighted by molar-refractivity contribution is 5.11. The number of hydrogen-bond donors (Lipinski definition) is 3. The van der Waals surface area contributed by atoms with Gasteiger partial charge in [0.05, 0.1) is 6.10 Å². The van der Waals surface area contributed by atoms with Gasteiger partial charge in [-0.2, -0.15) is 0 Å². The van der Waals surface area contributed by atoms with Gasteiger partial charge in [0.25, 0.3) is 0 Å². The first-order valence-electron chi connectivity index (χ1n) is 14.9. The third-order valence-corrected chi connectivity index (χ3v) is 11.6. The lowest BCUT2D eigenvalue weighted by molar-refractivity contribution is -0.162. The third-order valence-electron chi connectivity index (χ3n) is 11.6.